The summed E-state index contributed by atoms with van der Waals surface area (Å²) in [6, 6.07) is 9.48. The normalized spacial score (nSPS) is 17.8. The number of likely N-dealkylation sites (tertiary alicyclic amines) is 1. The number of nitrogens with zero attached hydrogens (tertiary/aromatic N) is 3. The average molecular weight is 423 g/mol. The number of benzene rings is 1. The molecule has 1 N–H and O–H groups in total. The summed E-state index contributed by atoms with van der Waals surface area (Å²) in [6.07, 6.45) is 2.67. The Kier molecular flexibility index (Phi) is 5.00. The van der Waals surface area contributed by atoms with E-state index in [0.29, 0.717) is 43.4 Å². The topological polar surface area (TPSA) is 76.6 Å². The zero-order chi connectivity index (χ0) is 20.5. The number of nitrogens with one attached hydrogen (secondary N) is 1. The van der Waals surface area contributed by atoms with Crippen LogP contribution in [0, 0.1) is 6.92 Å². The first-order valence-electron chi connectivity index (χ1n) is 10.00. The van der Waals surface area contributed by atoms with Crippen LogP contribution in [0.4, 0.5) is 10.8 Å². The highest BCUT2D eigenvalue weighted by atomic mass is 32.1. The summed E-state index contributed by atoms with van der Waals surface area (Å²) in [5.41, 5.74) is 3.56. The molecule has 8 heteroatoms. The highest BCUT2D eigenvalue weighted by Crippen LogP contribution is 2.33. The van der Waals surface area contributed by atoms with E-state index in [0.717, 1.165) is 28.6 Å². The van der Waals surface area contributed by atoms with Gasteiger partial charge in [0.1, 0.15) is 13.2 Å². The minimum atomic E-state index is 0.0169. The molecule has 2 aromatic heterocycles. The van der Waals surface area contributed by atoms with E-state index in [1.807, 2.05) is 35.4 Å². The second-order valence-electron chi connectivity index (χ2n) is 7.48. The highest BCUT2D eigenvalue weighted by Gasteiger charge is 2.30. The van der Waals surface area contributed by atoms with Crippen LogP contribution in [0.25, 0.3) is 0 Å². The minimum absolute atomic E-state index is 0.0169. The van der Waals surface area contributed by atoms with E-state index in [9.17, 15) is 4.79 Å². The van der Waals surface area contributed by atoms with Crippen molar-refractivity contribution < 1.29 is 14.3 Å². The van der Waals surface area contributed by atoms with Gasteiger partial charge in [0, 0.05) is 53.2 Å². The summed E-state index contributed by atoms with van der Waals surface area (Å²) in [5, 5.41) is 6.13. The van der Waals surface area contributed by atoms with E-state index in [-0.39, 0.29) is 11.8 Å². The van der Waals surface area contributed by atoms with E-state index < -0.39 is 0 Å². The lowest BCUT2D eigenvalue weighted by Crippen LogP contribution is -2.28. The third-order valence-corrected chi connectivity index (χ3v) is 6.03. The molecule has 0 saturated carbocycles. The molecule has 0 aliphatic carbocycles. The van der Waals surface area contributed by atoms with Crippen molar-refractivity contribution in [1.29, 1.82) is 0 Å². The van der Waals surface area contributed by atoms with Crippen LogP contribution >= 0.6 is 11.3 Å². The third kappa shape index (κ3) is 3.82. The number of carbonyl (C=O) groups is 1. The summed E-state index contributed by atoms with van der Waals surface area (Å²) in [7, 11) is 0. The third-order valence-electron chi connectivity index (χ3n) is 5.34. The van der Waals surface area contributed by atoms with Crippen LogP contribution in [0.5, 0.6) is 11.5 Å². The van der Waals surface area contributed by atoms with Crippen LogP contribution in [0.15, 0.2) is 41.9 Å². The lowest BCUT2D eigenvalue weighted by Gasteiger charge is -2.21. The fourth-order valence-corrected chi connectivity index (χ4v) is 4.48. The Balaban J connectivity index is 1.31. The monoisotopic (exact) mass is 422 g/mol. The Morgan fingerprint density at radius 3 is 2.90 bits per heavy atom. The Bertz CT molecular complexity index is 1070. The SMILES string of the molecule is Cc1cc(Nc2nccs2)cc([C@H]2CCN(C(=O)c3ccc4c(c3)OCCO4)C2)n1. The number of ether oxygens (including phenoxy) is 2. The zero-order valence-corrected chi connectivity index (χ0v) is 17.4. The van der Waals surface area contributed by atoms with Gasteiger partial charge in [-0.1, -0.05) is 0 Å². The van der Waals surface area contributed by atoms with Gasteiger partial charge in [-0.25, -0.2) is 4.98 Å². The lowest BCUT2D eigenvalue weighted by atomic mass is 10.0. The molecule has 1 amide bonds. The van der Waals surface area contributed by atoms with E-state index in [1.54, 1.807) is 23.6 Å². The molecule has 154 valence electrons. The van der Waals surface area contributed by atoms with Gasteiger partial charge in [-0.05, 0) is 43.7 Å². The predicted molar refractivity (Wildman–Crippen MR) is 115 cm³/mol. The van der Waals surface area contributed by atoms with Crippen LogP contribution in [0.2, 0.25) is 0 Å². The molecule has 7 nitrogen and oxygen atoms in total. The Labute approximate surface area is 178 Å². The van der Waals surface area contributed by atoms with Crippen molar-refractivity contribution in [3.05, 3.63) is 58.9 Å². The molecule has 3 aromatic rings. The molecule has 30 heavy (non-hydrogen) atoms. The largest absolute Gasteiger partial charge is 0.486 e. The summed E-state index contributed by atoms with van der Waals surface area (Å²) >= 11 is 1.56. The number of hydrogen-bond acceptors (Lipinski definition) is 7. The van der Waals surface area contributed by atoms with E-state index in [2.05, 4.69) is 16.4 Å². The average Bonchev–Trinajstić information content (AvgIpc) is 3.45. The van der Waals surface area contributed by atoms with Crippen molar-refractivity contribution in [2.24, 2.45) is 0 Å². The van der Waals surface area contributed by atoms with Crippen LogP contribution in [0.1, 0.15) is 34.1 Å². The van der Waals surface area contributed by atoms with E-state index in [4.69, 9.17) is 14.5 Å². The quantitative estimate of drug-likeness (QED) is 0.685. The van der Waals surface area contributed by atoms with Crippen molar-refractivity contribution >= 4 is 28.1 Å². The molecule has 1 saturated heterocycles. The number of carbonyl (C=O) groups excluding carboxylic acids is 1. The molecular weight excluding hydrogens is 400 g/mol. The smallest absolute Gasteiger partial charge is 0.254 e. The molecule has 4 heterocycles. The van der Waals surface area contributed by atoms with Gasteiger partial charge >= 0.3 is 0 Å². The fourth-order valence-electron chi connectivity index (χ4n) is 3.93. The maximum atomic E-state index is 13.0. The number of amides is 1. The maximum Gasteiger partial charge on any atom is 0.254 e. The Hall–Kier alpha value is -3.13. The van der Waals surface area contributed by atoms with Gasteiger partial charge in [-0.15, -0.1) is 11.3 Å². The highest BCUT2D eigenvalue weighted by molar-refractivity contribution is 7.13. The van der Waals surface area contributed by atoms with Crippen molar-refractivity contribution in [3.63, 3.8) is 0 Å². The standard InChI is InChI=1S/C22H22N4O3S/c1-14-10-17(25-22-23-5-9-30-22)12-18(24-14)16-4-6-26(13-16)21(27)15-2-3-19-20(11-15)29-8-7-28-19/h2-3,5,9-12,16H,4,6-8,13H2,1H3,(H,23,24,25)/t16-/m0/s1. The van der Waals surface area contributed by atoms with Crippen LogP contribution in [-0.2, 0) is 0 Å². The zero-order valence-electron chi connectivity index (χ0n) is 16.6. The summed E-state index contributed by atoms with van der Waals surface area (Å²) < 4.78 is 11.2. The minimum Gasteiger partial charge on any atom is -0.486 e. The molecule has 0 bridgehead atoms. The number of pyridine rings is 1. The summed E-state index contributed by atoms with van der Waals surface area (Å²) in [5.74, 6) is 1.56. The molecule has 1 fully saturated rings. The number of aromatic nitrogens is 2. The Morgan fingerprint density at radius 2 is 2.07 bits per heavy atom. The fraction of sp³-hybridized carbons (Fsp3) is 0.318. The first-order valence-corrected chi connectivity index (χ1v) is 10.9. The second kappa shape index (κ2) is 7.95. The Morgan fingerprint density at radius 1 is 1.20 bits per heavy atom. The number of fused-ring (bicyclic) bond motifs is 1. The molecular formula is C22H22N4O3S. The van der Waals surface area contributed by atoms with Crippen LogP contribution in [-0.4, -0.2) is 47.1 Å². The van der Waals surface area contributed by atoms with Gasteiger partial charge < -0.3 is 19.7 Å². The number of aryl methyl sites for hydroxylation is 1. The van der Waals surface area contributed by atoms with Crippen molar-refractivity contribution in [3.8, 4) is 11.5 Å². The number of hydrogen-bond donors (Lipinski definition) is 1. The van der Waals surface area contributed by atoms with Crippen molar-refractivity contribution in [2.45, 2.75) is 19.3 Å². The molecule has 0 unspecified atom stereocenters. The first kappa shape index (κ1) is 18.9. The first-order chi connectivity index (χ1) is 14.7. The van der Waals surface area contributed by atoms with Crippen molar-refractivity contribution in [1.82, 2.24) is 14.9 Å². The summed E-state index contributed by atoms with van der Waals surface area (Å²) in [4.78, 5) is 24.0. The molecule has 1 aromatic carbocycles. The van der Waals surface area contributed by atoms with Gasteiger partial charge in [-0.2, -0.15) is 0 Å². The number of thiazole rings is 1. The molecule has 5 rings (SSSR count). The van der Waals surface area contributed by atoms with E-state index in [1.165, 1.54) is 0 Å². The predicted octanol–water partition coefficient (Wildman–Crippen LogP) is 3.99. The number of rotatable bonds is 4. The van der Waals surface area contributed by atoms with E-state index >= 15 is 0 Å². The molecule has 0 radical (unpaired) electrons. The van der Waals surface area contributed by atoms with Crippen molar-refractivity contribution in [2.75, 3.05) is 31.6 Å². The maximum absolute atomic E-state index is 13.0. The van der Waals surface area contributed by atoms with Gasteiger partial charge in [0.25, 0.3) is 5.91 Å². The second-order valence-corrected chi connectivity index (χ2v) is 8.37. The lowest BCUT2D eigenvalue weighted by molar-refractivity contribution is 0.0789. The van der Waals surface area contributed by atoms with Gasteiger partial charge in [-0.3, -0.25) is 9.78 Å². The van der Waals surface area contributed by atoms with Gasteiger partial charge in [0.05, 0.1) is 0 Å². The number of anilines is 2. The van der Waals surface area contributed by atoms with Crippen LogP contribution in [0.3, 0.4) is 0 Å². The summed E-state index contributed by atoms with van der Waals surface area (Å²) in [6.45, 7) is 4.40. The van der Waals surface area contributed by atoms with Gasteiger partial charge in [0.2, 0.25) is 0 Å². The van der Waals surface area contributed by atoms with Gasteiger partial charge in [0.15, 0.2) is 16.6 Å². The molecule has 1 atom stereocenters. The molecule has 2 aliphatic heterocycles. The van der Waals surface area contributed by atoms with Crippen LogP contribution < -0.4 is 14.8 Å². The molecule has 2 aliphatic rings. The molecule has 0 spiro atoms.